The number of nitrogens with one attached hydrogen (secondary N) is 1. The van der Waals surface area contributed by atoms with Gasteiger partial charge >= 0.3 is 0 Å². The van der Waals surface area contributed by atoms with E-state index in [1.54, 1.807) is 4.90 Å². The van der Waals surface area contributed by atoms with E-state index < -0.39 is 0 Å². The lowest BCUT2D eigenvalue weighted by molar-refractivity contribution is -0.138. The number of rotatable bonds is 2. The molecule has 1 aromatic rings. The van der Waals surface area contributed by atoms with Crippen molar-refractivity contribution in [3.63, 3.8) is 0 Å². The molecule has 5 heteroatoms. The highest BCUT2D eigenvalue weighted by Gasteiger charge is 2.38. The van der Waals surface area contributed by atoms with Crippen molar-refractivity contribution in [2.24, 2.45) is 0 Å². The Labute approximate surface area is 116 Å². The van der Waals surface area contributed by atoms with E-state index in [1.807, 2.05) is 30.3 Å². The first kappa shape index (κ1) is 12.8. The van der Waals surface area contributed by atoms with Crippen LogP contribution in [0.25, 0.3) is 0 Å². The molecule has 1 N–H and O–H groups in total. The van der Waals surface area contributed by atoms with Crippen LogP contribution in [0.1, 0.15) is 30.7 Å². The highest BCUT2D eigenvalue weighted by molar-refractivity contribution is 5.99. The number of piperidine rings is 1. The maximum atomic E-state index is 12.2. The number of benzene rings is 1. The summed E-state index contributed by atoms with van der Waals surface area (Å²) in [5.74, 6) is -0.389. The number of hydrogen-bond acceptors (Lipinski definition) is 3. The summed E-state index contributed by atoms with van der Waals surface area (Å²) in [7, 11) is 0. The van der Waals surface area contributed by atoms with Gasteiger partial charge in [-0.1, -0.05) is 30.3 Å². The lowest BCUT2D eigenvalue weighted by Crippen LogP contribution is -2.49. The first-order valence-corrected chi connectivity index (χ1v) is 6.80. The smallest absolute Gasteiger partial charge is 0.228 e. The summed E-state index contributed by atoms with van der Waals surface area (Å²) in [6.45, 7) is 0.591. The van der Waals surface area contributed by atoms with Crippen molar-refractivity contribution in [1.29, 1.82) is 0 Å². The number of imide groups is 1. The lowest BCUT2D eigenvalue weighted by atomic mass is 9.98. The van der Waals surface area contributed by atoms with E-state index in [0.29, 0.717) is 13.0 Å². The zero-order valence-corrected chi connectivity index (χ0v) is 11.0. The van der Waals surface area contributed by atoms with Gasteiger partial charge in [0, 0.05) is 37.8 Å². The molecule has 0 aromatic heterocycles. The van der Waals surface area contributed by atoms with Crippen LogP contribution in [0.2, 0.25) is 0 Å². The summed E-state index contributed by atoms with van der Waals surface area (Å²) >= 11 is 0. The van der Waals surface area contributed by atoms with Gasteiger partial charge in [-0.2, -0.15) is 0 Å². The Bertz CT molecular complexity index is 539. The normalized spacial score (nSPS) is 24.1. The minimum absolute atomic E-state index is 0.0337. The summed E-state index contributed by atoms with van der Waals surface area (Å²) in [5, 5.41) is 2.27. The van der Waals surface area contributed by atoms with Crippen LogP contribution in [0.3, 0.4) is 0 Å². The molecule has 2 saturated heterocycles. The van der Waals surface area contributed by atoms with Gasteiger partial charge in [0.05, 0.1) is 0 Å². The van der Waals surface area contributed by atoms with E-state index in [0.717, 1.165) is 5.56 Å². The van der Waals surface area contributed by atoms with Crippen LogP contribution < -0.4 is 5.32 Å². The molecule has 0 saturated carbocycles. The third-order valence-electron chi connectivity index (χ3n) is 3.99. The van der Waals surface area contributed by atoms with Crippen molar-refractivity contribution >= 4 is 17.7 Å². The first-order chi connectivity index (χ1) is 9.63. The van der Waals surface area contributed by atoms with Crippen molar-refractivity contribution in [1.82, 2.24) is 10.2 Å². The standard InChI is InChI=1S/C15H16N2O3/c18-13-7-12(8-14(19)16-13)17-9-11(6-15(17)20)10-4-2-1-3-5-10/h1-5,11-12H,6-9H2,(H,16,18,19). The Morgan fingerprint density at radius 2 is 1.60 bits per heavy atom. The summed E-state index contributed by atoms with van der Waals surface area (Å²) in [6.07, 6.45) is 0.897. The minimum atomic E-state index is -0.290. The zero-order chi connectivity index (χ0) is 14.1. The van der Waals surface area contributed by atoms with E-state index in [-0.39, 0.29) is 42.5 Å². The van der Waals surface area contributed by atoms with Gasteiger partial charge in [-0.05, 0) is 5.56 Å². The molecule has 3 rings (SSSR count). The van der Waals surface area contributed by atoms with Gasteiger partial charge < -0.3 is 4.90 Å². The number of hydrogen-bond donors (Lipinski definition) is 1. The lowest BCUT2D eigenvalue weighted by Gasteiger charge is -2.30. The van der Waals surface area contributed by atoms with Crippen LogP contribution in [-0.2, 0) is 14.4 Å². The highest BCUT2D eigenvalue weighted by Crippen LogP contribution is 2.31. The summed E-state index contributed by atoms with van der Waals surface area (Å²) in [4.78, 5) is 36.7. The molecule has 2 aliphatic heterocycles. The molecule has 20 heavy (non-hydrogen) atoms. The van der Waals surface area contributed by atoms with Gasteiger partial charge in [-0.15, -0.1) is 0 Å². The summed E-state index contributed by atoms with van der Waals surface area (Å²) in [6, 6.07) is 9.61. The molecule has 1 aromatic carbocycles. The fourth-order valence-corrected chi connectivity index (χ4v) is 3.01. The van der Waals surface area contributed by atoms with Gasteiger partial charge in [0.2, 0.25) is 17.7 Å². The molecule has 3 amide bonds. The molecule has 0 radical (unpaired) electrons. The number of likely N-dealkylation sites (tertiary alicyclic amines) is 1. The van der Waals surface area contributed by atoms with Crippen LogP contribution in [0.5, 0.6) is 0 Å². The van der Waals surface area contributed by atoms with E-state index >= 15 is 0 Å². The van der Waals surface area contributed by atoms with Gasteiger partial charge in [0.15, 0.2) is 0 Å². The Hall–Kier alpha value is -2.17. The quantitative estimate of drug-likeness (QED) is 0.810. The van der Waals surface area contributed by atoms with Gasteiger partial charge in [-0.25, -0.2) is 0 Å². The van der Waals surface area contributed by atoms with Crippen LogP contribution in [-0.4, -0.2) is 35.2 Å². The van der Waals surface area contributed by atoms with E-state index in [4.69, 9.17) is 0 Å². The molecule has 2 aliphatic rings. The van der Waals surface area contributed by atoms with Crippen molar-refractivity contribution in [2.45, 2.75) is 31.2 Å². The van der Waals surface area contributed by atoms with Gasteiger partial charge in [0.25, 0.3) is 0 Å². The Kier molecular flexibility index (Phi) is 3.26. The van der Waals surface area contributed by atoms with Crippen LogP contribution in [0.4, 0.5) is 0 Å². The average Bonchev–Trinajstić information content (AvgIpc) is 2.81. The molecule has 2 fully saturated rings. The number of carbonyl (C=O) groups is 3. The maximum Gasteiger partial charge on any atom is 0.228 e. The second-order valence-electron chi connectivity index (χ2n) is 5.39. The molecule has 1 atom stereocenters. The number of nitrogens with zero attached hydrogens (tertiary/aromatic N) is 1. The summed E-state index contributed by atoms with van der Waals surface area (Å²) in [5.41, 5.74) is 1.13. The van der Waals surface area contributed by atoms with Crippen molar-refractivity contribution in [3.05, 3.63) is 35.9 Å². The van der Waals surface area contributed by atoms with Crippen LogP contribution in [0, 0.1) is 0 Å². The van der Waals surface area contributed by atoms with E-state index in [1.165, 1.54) is 0 Å². The molecule has 0 bridgehead atoms. The fourth-order valence-electron chi connectivity index (χ4n) is 3.01. The monoisotopic (exact) mass is 272 g/mol. The SMILES string of the molecule is O=C1CC(N2CC(c3ccccc3)CC2=O)CC(=O)N1. The van der Waals surface area contributed by atoms with Crippen LogP contribution in [0.15, 0.2) is 30.3 Å². The Morgan fingerprint density at radius 1 is 0.950 bits per heavy atom. The molecule has 0 spiro atoms. The molecule has 1 unspecified atom stereocenters. The van der Waals surface area contributed by atoms with Crippen molar-refractivity contribution in [3.8, 4) is 0 Å². The molecule has 104 valence electrons. The molecular weight excluding hydrogens is 256 g/mol. The Morgan fingerprint density at radius 3 is 2.25 bits per heavy atom. The second-order valence-corrected chi connectivity index (χ2v) is 5.39. The topological polar surface area (TPSA) is 66.5 Å². The first-order valence-electron chi connectivity index (χ1n) is 6.80. The molecule has 5 nitrogen and oxygen atoms in total. The third kappa shape index (κ3) is 2.43. The minimum Gasteiger partial charge on any atom is -0.338 e. The van der Waals surface area contributed by atoms with Crippen molar-refractivity contribution < 1.29 is 14.4 Å². The zero-order valence-electron chi connectivity index (χ0n) is 11.0. The van der Waals surface area contributed by atoms with Gasteiger partial charge in [0.1, 0.15) is 0 Å². The highest BCUT2D eigenvalue weighted by atomic mass is 16.2. The van der Waals surface area contributed by atoms with Crippen LogP contribution >= 0.6 is 0 Å². The van der Waals surface area contributed by atoms with E-state index in [2.05, 4.69) is 5.32 Å². The third-order valence-corrected chi connectivity index (χ3v) is 3.99. The number of carbonyl (C=O) groups excluding carboxylic acids is 3. The summed E-state index contributed by atoms with van der Waals surface area (Å²) < 4.78 is 0. The largest absolute Gasteiger partial charge is 0.338 e. The molecule has 2 heterocycles. The second kappa shape index (κ2) is 5.07. The van der Waals surface area contributed by atoms with Crippen molar-refractivity contribution in [2.75, 3.05) is 6.54 Å². The maximum absolute atomic E-state index is 12.2. The number of amides is 3. The average molecular weight is 272 g/mol. The Balaban J connectivity index is 1.74. The van der Waals surface area contributed by atoms with E-state index in [9.17, 15) is 14.4 Å². The predicted molar refractivity (Wildman–Crippen MR) is 71.7 cm³/mol. The predicted octanol–water partition coefficient (Wildman–Crippen LogP) is 0.808. The molecule has 0 aliphatic carbocycles. The van der Waals surface area contributed by atoms with Gasteiger partial charge in [-0.3, -0.25) is 19.7 Å². The fraction of sp³-hybridized carbons (Fsp3) is 0.400. The molecular formula is C15H16N2O3.